The van der Waals surface area contributed by atoms with Crippen molar-refractivity contribution in [1.82, 2.24) is 10.6 Å². The third-order valence-electron chi connectivity index (χ3n) is 8.14. The number of aliphatic imine (C=N–C) groups is 2. The van der Waals surface area contributed by atoms with E-state index < -0.39 is 0 Å². The molecule has 2 atom stereocenters. The first kappa shape index (κ1) is 24.5. The van der Waals surface area contributed by atoms with Crippen LogP contribution in [-0.4, -0.2) is 11.5 Å². The highest BCUT2D eigenvalue weighted by atomic mass is 15.3. The Labute approximate surface area is 244 Å². The van der Waals surface area contributed by atoms with E-state index in [1.54, 1.807) is 0 Å². The fraction of sp³-hybridized carbons (Fsp3) is 0.0526. The summed E-state index contributed by atoms with van der Waals surface area (Å²) in [5.41, 5.74) is 7.73. The lowest BCUT2D eigenvalue weighted by Gasteiger charge is -2.32. The molecule has 4 nitrogen and oxygen atoms in total. The molecule has 0 aliphatic carbocycles. The molecule has 2 heterocycles. The van der Waals surface area contributed by atoms with Crippen molar-refractivity contribution in [2.45, 2.75) is 12.3 Å². The van der Waals surface area contributed by atoms with E-state index in [1.165, 1.54) is 27.1 Å². The van der Waals surface area contributed by atoms with E-state index >= 15 is 0 Å². The maximum Gasteiger partial charge on any atom is 0.131 e. The smallest absolute Gasteiger partial charge is 0.131 e. The van der Waals surface area contributed by atoms with E-state index in [4.69, 9.17) is 4.99 Å². The van der Waals surface area contributed by atoms with Gasteiger partial charge in [0.2, 0.25) is 0 Å². The predicted octanol–water partition coefficient (Wildman–Crippen LogP) is 8.31. The largest absolute Gasteiger partial charge is 0.350 e. The highest BCUT2D eigenvalue weighted by Gasteiger charge is 2.26. The zero-order valence-electron chi connectivity index (χ0n) is 22.9. The molecule has 0 saturated heterocycles. The molecule has 2 aliphatic rings. The molecule has 200 valence electrons. The second-order valence-corrected chi connectivity index (χ2v) is 10.8. The number of allylic oxidation sites excluding steroid dienone is 1. The summed E-state index contributed by atoms with van der Waals surface area (Å²) in [6.45, 7) is 0. The summed E-state index contributed by atoms with van der Waals surface area (Å²) in [7, 11) is 0. The average Bonchev–Trinajstić information content (AvgIpc) is 3.04. The number of fused-ring (bicyclic) bond motifs is 3. The molecular formula is C38H28N4. The average molecular weight is 541 g/mol. The van der Waals surface area contributed by atoms with Gasteiger partial charge in [-0.1, -0.05) is 109 Å². The van der Waals surface area contributed by atoms with Gasteiger partial charge in [0.25, 0.3) is 0 Å². The summed E-state index contributed by atoms with van der Waals surface area (Å²) in [5, 5.41) is 12.4. The van der Waals surface area contributed by atoms with Crippen LogP contribution in [0.25, 0.3) is 32.7 Å². The second kappa shape index (κ2) is 10.3. The number of hydrogen-bond acceptors (Lipinski definition) is 4. The summed E-state index contributed by atoms with van der Waals surface area (Å²) < 4.78 is 0. The molecule has 0 fully saturated rings. The van der Waals surface area contributed by atoms with Crippen LogP contribution in [0.15, 0.2) is 156 Å². The molecule has 0 amide bonds. The van der Waals surface area contributed by atoms with Crippen LogP contribution in [0.2, 0.25) is 0 Å². The quantitative estimate of drug-likeness (QED) is 0.216. The Morgan fingerprint density at radius 3 is 1.90 bits per heavy atom. The van der Waals surface area contributed by atoms with E-state index in [1.807, 2.05) is 18.3 Å². The third-order valence-corrected chi connectivity index (χ3v) is 8.14. The normalized spacial score (nSPS) is 17.8. The minimum absolute atomic E-state index is 0.0987. The fourth-order valence-corrected chi connectivity index (χ4v) is 6.01. The third kappa shape index (κ3) is 4.39. The fourth-order valence-electron chi connectivity index (χ4n) is 6.01. The van der Waals surface area contributed by atoms with Crippen molar-refractivity contribution in [2.75, 3.05) is 0 Å². The van der Waals surface area contributed by atoms with Gasteiger partial charge in [0.15, 0.2) is 0 Å². The SMILES string of the molecule is C1=CC(c2cc(C3=NC(c4ccccc4)NC(c4ccccc4)N3)cc(-c3cc4ccccc4c4ccccc34)c2)=N1. The lowest BCUT2D eigenvalue weighted by Crippen LogP contribution is -2.45. The van der Waals surface area contributed by atoms with Gasteiger partial charge in [0.1, 0.15) is 18.2 Å². The van der Waals surface area contributed by atoms with E-state index in [-0.39, 0.29) is 12.3 Å². The summed E-state index contributed by atoms with van der Waals surface area (Å²) >= 11 is 0. The molecule has 8 rings (SSSR count). The Morgan fingerprint density at radius 1 is 0.548 bits per heavy atom. The summed E-state index contributed by atoms with van der Waals surface area (Å²) in [5.74, 6) is 0.855. The molecule has 0 saturated carbocycles. The van der Waals surface area contributed by atoms with Gasteiger partial charge < -0.3 is 5.32 Å². The molecule has 2 unspecified atom stereocenters. The van der Waals surface area contributed by atoms with Crippen LogP contribution in [0, 0.1) is 0 Å². The van der Waals surface area contributed by atoms with Crippen molar-refractivity contribution < 1.29 is 0 Å². The Kier molecular flexibility index (Phi) is 5.98. The first-order chi connectivity index (χ1) is 20.8. The van der Waals surface area contributed by atoms with Gasteiger partial charge in [-0.3, -0.25) is 10.3 Å². The highest BCUT2D eigenvalue weighted by molar-refractivity contribution is 6.17. The topological polar surface area (TPSA) is 48.8 Å². The van der Waals surface area contributed by atoms with Crippen LogP contribution < -0.4 is 10.6 Å². The maximum atomic E-state index is 5.23. The van der Waals surface area contributed by atoms with Crippen molar-refractivity contribution in [3.8, 4) is 11.1 Å². The zero-order chi connectivity index (χ0) is 27.9. The van der Waals surface area contributed by atoms with Crippen LogP contribution in [-0.2, 0) is 0 Å². The lowest BCUT2D eigenvalue weighted by molar-refractivity contribution is 0.409. The number of nitrogens with one attached hydrogen (secondary N) is 2. The molecule has 0 radical (unpaired) electrons. The number of benzene rings is 6. The summed E-state index contributed by atoms with van der Waals surface area (Å²) in [4.78, 5) is 9.79. The van der Waals surface area contributed by atoms with Crippen LogP contribution in [0.4, 0.5) is 0 Å². The molecule has 2 aliphatic heterocycles. The van der Waals surface area contributed by atoms with Crippen LogP contribution in [0.3, 0.4) is 0 Å². The molecule has 0 aromatic heterocycles. The van der Waals surface area contributed by atoms with Gasteiger partial charge in [0, 0.05) is 17.3 Å². The molecule has 0 bridgehead atoms. The Balaban J connectivity index is 1.32. The molecule has 6 aromatic rings. The molecule has 6 aromatic carbocycles. The van der Waals surface area contributed by atoms with Crippen LogP contribution in [0.5, 0.6) is 0 Å². The number of hydrogen-bond donors (Lipinski definition) is 2. The van der Waals surface area contributed by atoms with Gasteiger partial charge >= 0.3 is 0 Å². The predicted molar refractivity (Wildman–Crippen MR) is 174 cm³/mol. The van der Waals surface area contributed by atoms with Gasteiger partial charge in [0.05, 0.1) is 5.71 Å². The first-order valence-corrected chi connectivity index (χ1v) is 14.3. The van der Waals surface area contributed by atoms with Gasteiger partial charge in [-0.15, -0.1) is 0 Å². The Bertz CT molecular complexity index is 2040. The number of amidine groups is 1. The Morgan fingerprint density at radius 2 is 1.17 bits per heavy atom. The van der Waals surface area contributed by atoms with Gasteiger partial charge in [-0.2, -0.15) is 0 Å². The van der Waals surface area contributed by atoms with Crippen molar-refractivity contribution in [3.05, 3.63) is 168 Å². The minimum Gasteiger partial charge on any atom is -0.350 e. The highest BCUT2D eigenvalue weighted by Crippen LogP contribution is 2.36. The molecule has 42 heavy (non-hydrogen) atoms. The van der Waals surface area contributed by atoms with Crippen molar-refractivity contribution in [2.24, 2.45) is 9.98 Å². The first-order valence-electron chi connectivity index (χ1n) is 14.3. The van der Waals surface area contributed by atoms with Gasteiger partial charge in [-0.25, -0.2) is 4.99 Å². The number of rotatable bonds is 5. The Hall–Kier alpha value is -5.32. The van der Waals surface area contributed by atoms with Gasteiger partial charge in [-0.05, 0) is 74.1 Å². The number of nitrogens with zero attached hydrogens (tertiary/aromatic N) is 2. The second-order valence-electron chi connectivity index (χ2n) is 10.8. The van der Waals surface area contributed by atoms with Crippen molar-refractivity contribution in [1.29, 1.82) is 0 Å². The minimum atomic E-state index is -0.192. The van der Waals surface area contributed by atoms with Crippen molar-refractivity contribution in [3.63, 3.8) is 0 Å². The maximum absolute atomic E-state index is 5.23. The monoisotopic (exact) mass is 540 g/mol. The summed E-state index contributed by atoms with van der Waals surface area (Å²) in [6, 6.07) is 47.3. The zero-order valence-corrected chi connectivity index (χ0v) is 22.9. The molecule has 0 spiro atoms. The van der Waals surface area contributed by atoms with E-state index in [9.17, 15) is 0 Å². The van der Waals surface area contributed by atoms with Crippen LogP contribution >= 0.6 is 0 Å². The van der Waals surface area contributed by atoms with Crippen molar-refractivity contribution >= 4 is 33.1 Å². The summed E-state index contributed by atoms with van der Waals surface area (Å²) in [6.07, 6.45) is 3.63. The van der Waals surface area contributed by atoms with E-state index in [2.05, 4.69) is 143 Å². The van der Waals surface area contributed by atoms with E-state index in [0.717, 1.165) is 39.4 Å². The van der Waals surface area contributed by atoms with Crippen LogP contribution in [0.1, 0.15) is 34.6 Å². The molecule has 4 heteroatoms. The molecule has 2 N–H and O–H groups in total. The van der Waals surface area contributed by atoms with E-state index in [0.29, 0.717) is 0 Å². The molecular weight excluding hydrogens is 512 g/mol. The standard InChI is InChI=1S/C38H28N4/c1-3-11-25(12-4-1)36-40-37(26-13-5-2-6-14-26)42-38(41-36)30-22-28(21-29(23-30)35-19-20-39-35)34-24-27-15-7-8-16-31(27)32-17-9-10-18-33(32)34/h1-24,36-37,40H,(H,41,42). The lowest BCUT2D eigenvalue weighted by atomic mass is 9.90.